The fraction of sp³-hybridized carbons (Fsp3) is 0.714. The lowest BCUT2D eigenvalue weighted by atomic mass is 10.1. The van der Waals surface area contributed by atoms with Gasteiger partial charge in [0.1, 0.15) is 17.3 Å². The average Bonchev–Trinajstić information content (AvgIpc) is 2.53. The lowest BCUT2D eigenvalue weighted by Crippen LogP contribution is -2.39. The number of rotatable bonds is 3. The lowest BCUT2D eigenvalue weighted by molar-refractivity contribution is 0.337. The van der Waals surface area contributed by atoms with Gasteiger partial charge in [-0.3, -0.25) is 0 Å². The van der Waals surface area contributed by atoms with Gasteiger partial charge < -0.3 is 9.80 Å². The van der Waals surface area contributed by atoms with Crippen molar-refractivity contribution in [3.8, 4) is 0 Å². The Bertz CT molecular complexity index is 424. The van der Waals surface area contributed by atoms with Crippen LogP contribution in [0, 0.1) is 0 Å². The third kappa shape index (κ3) is 3.37. The number of hydrogen-bond donors (Lipinski definition) is 0. The second-order valence-electron chi connectivity index (χ2n) is 5.37. The van der Waals surface area contributed by atoms with E-state index in [0.717, 1.165) is 50.3 Å². The van der Waals surface area contributed by atoms with E-state index in [2.05, 4.69) is 40.7 Å². The zero-order valence-electron chi connectivity index (χ0n) is 12.1. The molecule has 0 aliphatic carbocycles. The molecular weight excluding hydrogens is 260 g/mol. The second-order valence-corrected chi connectivity index (χ2v) is 5.73. The fourth-order valence-electron chi connectivity index (χ4n) is 2.78. The molecule has 1 aromatic rings. The molecule has 1 atom stereocenters. The molecule has 1 aromatic heterocycles. The van der Waals surface area contributed by atoms with Crippen molar-refractivity contribution in [3.63, 3.8) is 0 Å². The number of nitrogens with zero attached hydrogens (tertiary/aromatic N) is 4. The highest BCUT2D eigenvalue weighted by Gasteiger charge is 2.23. The summed E-state index contributed by atoms with van der Waals surface area (Å²) >= 11 is 6.26. The van der Waals surface area contributed by atoms with Gasteiger partial charge in [-0.05, 0) is 33.4 Å². The third-order valence-corrected chi connectivity index (χ3v) is 4.01. The van der Waals surface area contributed by atoms with Crippen LogP contribution in [0.3, 0.4) is 0 Å². The molecule has 0 spiro atoms. The van der Waals surface area contributed by atoms with E-state index < -0.39 is 0 Å². The van der Waals surface area contributed by atoms with Crippen molar-refractivity contribution in [3.05, 3.63) is 17.0 Å². The molecule has 0 bridgehead atoms. The van der Waals surface area contributed by atoms with Crippen molar-refractivity contribution < 1.29 is 0 Å². The SMILES string of the molecule is CCCc1c(Cl)ncnc1N1CCCN(C)CC1C. The quantitative estimate of drug-likeness (QED) is 0.798. The Morgan fingerprint density at radius 2 is 2.16 bits per heavy atom. The number of aromatic nitrogens is 2. The molecule has 19 heavy (non-hydrogen) atoms. The van der Waals surface area contributed by atoms with Gasteiger partial charge in [-0.25, -0.2) is 9.97 Å². The maximum absolute atomic E-state index is 6.26. The Morgan fingerprint density at radius 3 is 2.89 bits per heavy atom. The van der Waals surface area contributed by atoms with Gasteiger partial charge in [-0.1, -0.05) is 24.9 Å². The first-order chi connectivity index (χ1) is 9.13. The Morgan fingerprint density at radius 1 is 1.37 bits per heavy atom. The predicted octanol–water partition coefficient (Wildman–Crippen LogP) is 2.61. The van der Waals surface area contributed by atoms with Gasteiger partial charge in [0, 0.05) is 24.7 Å². The molecule has 0 saturated carbocycles. The van der Waals surface area contributed by atoms with Crippen LogP contribution in [-0.2, 0) is 6.42 Å². The van der Waals surface area contributed by atoms with E-state index in [-0.39, 0.29) is 0 Å². The molecule has 5 heteroatoms. The predicted molar refractivity (Wildman–Crippen MR) is 80.0 cm³/mol. The van der Waals surface area contributed by atoms with E-state index in [4.69, 9.17) is 11.6 Å². The van der Waals surface area contributed by atoms with Gasteiger partial charge >= 0.3 is 0 Å². The Labute approximate surface area is 120 Å². The van der Waals surface area contributed by atoms with Crippen molar-refractivity contribution in [2.75, 3.05) is 31.6 Å². The van der Waals surface area contributed by atoms with Crippen molar-refractivity contribution in [1.29, 1.82) is 0 Å². The molecule has 1 fully saturated rings. The summed E-state index contributed by atoms with van der Waals surface area (Å²) in [6.45, 7) is 7.66. The monoisotopic (exact) mass is 282 g/mol. The summed E-state index contributed by atoms with van der Waals surface area (Å²) in [5.74, 6) is 1.03. The van der Waals surface area contributed by atoms with Crippen LogP contribution in [0.2, 0.25) is 5.15 Å². The van der Waals surface area contributed by atoms with Crippen molar-refractivity contribution in [2.45, 2.75) is 39.2 Å². The van der Waals surface area contributed by atoms with Gasteiger partial charge in [-0.2, -0.15) is 0 Å². The smallest absolute Gasteiger partial charge is 0.137 e. The molecule has 4 nitrogen and oxygen atoms in total. The van der Waals surface area contributed by atoms with E-state index in [1.165, 1.54) is 0 Å². The van der Waals surface area contributed by atoms with Crippen LogP contribution in [0.15, 0.2) is 6.33 Å². The first kappa shape index (κ1) is 14.5. The van der Waals surface area contributed by atoms with E-state index in [1.54, 1.807) is 6.33 Å². The highest BCUT2D eigenvalue weighted by atomic mass is 35.5. The van der Waals surface area contributed by atoms with E-state index in [0.29, 0.717) is 11.2 Å². The molecule has 1 unspecified atom stereocenters. The number of hydrogen-bond acceptors (Lipinski definition) is 4. The number of anilines is 1. The first-order valence-electron chi connectivity index (χ1n) is 7.08. The van der Waals surface area contributed by atoms with E-state index in [9.17, 15) is 0 Å². The highest BCUT2D eigenvalue weighted by Crippen LogP contribution is 2.27. The van der Waals surface area contributed by atoms with E-state index >= 15 is 0 Å². The molecule has 1 aliphatic heterocycles. The molecule has 0 aromatic carbocycles. The Kier molecular flexibility index (Phi) is 4.99. The topological polar surface area (TPSA) is 32.3 Å². The summed E-state index contributed by atoms with van der Waals surface area (Å²) in [5.41, 5.74) is 1.10. The zero-order valence-corrected chi connectivity index (χ0v) is 12.8. The van der Waals surface area contributed by atoms with Crippen LogP contribution in [-0.4, -0.2) is 47.6 Å². The molecule has 0 N–H and O–H groups in total. The van der Waals surface area contributed by atoms with Crippen LogP contribution in [0.4, 0.5) is 5.82 Å². The molecule has 1 saturated heterocycles. The number of likely N-dealkylation sites (N-methyl/N-ethyl adjacent to an activating group) is 1. The molecule has 1 aliphatic rings. The summed E-state index contributed by atoms with van der Waals surface area (Å²) in [7, 11) is 2.18. The Hall–Kier alpha value is -0.870. The minimum atomic E-state index is 0.453. The van der Waals surface area contributed by atoms with Crippen molar-refractivity contribution >= 4 is 17.4 Å². The van der Waals surface area contributed by atoms with Gasteiger partial charge in [0.15, 0.2) is 0 Å². The lowest BCUT2D eigenvalue weighted by Gasteiger charge is -2.30. The van der Waals surface area contributed by atoms with Gasteiger partial charge in [0.2, 0.25) is 0 Å². The summed E-state index contributed by atoms with van der Waals surface area (Å²) < 4.78 is 0. The normalized spacial score (nSPS) is 21.5. The second kappa shape index (κ2) is 6.53. The summed E-state index contributed by atoms with van der Waals surface area (Å²) in [6, 6.07) is 0.453. The maximum atomic E-state index is 6.26. The summed E-state index contributed by atoms with van der Waals surface area (Å²) in [5, 5.41) is 0.608. The number of halogens is 1. The van der Waals surface area contributed by atoms with Crippen LogP contribution in [0.5, 0.6) is 0 Å². The Balaban J connectivity index is 2.31. The summed E-state index contributed by atoms with van der Waals surface area (Å²) in [6.07, 6.45) is 4.74. The first-order valence-corrected chi connectivity index (χ1v) is 7.45. The van der Waals surface area contributed by atoms with Crippen molar-refractivity contribution in [1.82, 2.24) is 14.9 Å². The van der Waals surface area contributed by atoms with Gasteiger partial charge in [0.25, 0.3) is 0 Å². The van der Waals surface area contributed by atoms with Crippen LogP contribution in [0.1, 0.15) is 32.3 Å². The minimum Gasteiger partial charge on any atom is -0.352 e. The molecule has 0 radical (unpaired) electrons. The van der Waals surface area contributed by atoms with Crippen LogP contribution >= 0.6 is 11.6 Å². The maximum Gasteiger partial charge on any atom is 0.137 e. The van der Waals surface area contributed by atoms with Crippen molar-refractivity contribution in [2.24, 2.45) is 0 Å². The highest BCUT2D eigenvalue weighted by molar-refractivity contribution is 6.30. The standard InChI is InChI=1S/C14H23ClN4/c1-4-6-12-13(15)16-10-17-14(12)19-8-5-7-18(3)9-11(19)2/h10-11H,4-9H2,1-3H3. The largest absolute Gasteiger partial charge is 0.352 e. The van der Waals surface area contributed by atoms with Gasteiger partial charge in [-0.15, -0.1) is 0 Å². The zero-order chi connectivity index (χ0) is 13.8. The van der Waals surface area contributed by atoms with E-state index in [1.807, 2.05) is 0 Å². The van der Waals surface area contributed by atoms with Crippen LogP contribution in [0.25, 0.3) is 0 Å². The average molecular weight is 283 g/mol. The summed E-state index contributed by atoms with van der Waals surface area (Å²) in [4.78, 5) is 13.4. The molecular formula is C14H23ClN4. The minimum absolute atomic E-state index is 0.453. The van der Waals surface area contributed by atoms with Gasteiger partial charge in [0.05, 0.1) is 0 Å². The van der Waals surface area contributed by atoms with Crippen LogP contribution < -0.4 is 4.90 Å². The third-order valence-electron chi connectivity index (χ3n) is 3.69. The molecule has 2 heterocycles. The molecule has 0 amide bonds. The fourth-order valence-corrected chi connectivity index (χ4v) is 3.00. The molecule has 2 rings (SSSR count). The molecule has 106 valence electrons.